The largest absolute Gasteiger partial charge is 2.00 e. The Bertz CT molecular complexity index is 353. The van der Waals surface area contributed by atoms with Crippen LogP contribution in [-0.4, -0.2) is 28.4 Å². The van der Waals surface area contributed by atoms with Crippen LogP contribution in [0.5, 0.6) is 0 Å². The van der Waals surface area contributed by atoms with Crippen molar-refractivity contribution >= 4 is 22.3 Å². The normalized spacial score (nSPS) is 20.6. The third-order valence-corrected chi connectivity index (χ3v) is 8.21. The second kappa shape index (κ2) is 8.33. The van der Waals surface area contributed by atoms with Gasteiger partial charge in [0.05, 0.1) is 12.0 Å². The van der Waals surface area contributed by atoms with Gasteiger partial charge >= 0.3 is 76.3 Å². The van der Waals surface area contributed by atoms with Crippen LogP contribution in [0.3, 0.4) is 0 Å². The van der Waals surface area contributed by atoms with E-state index in [1.807, 2.05) is 0 Å². The molecule has 0 aliphatic carbocycles. The van der Waals surface area contributed by atoms with Crippen LogP contribution in [0.25, 0.3) is 0 Å². The summed E-state index contributed by atoms with van der Waals surface area (Å²) >= 11 is -2.63. The van der Waals surface area contributed by atoms with Crippen molar-refractivity contribution < 1.29 is 65.1 Å². The van der Waals surface area contributed by atoms with E-state index in [1.165, 1.54) is 0 Å². The summed E-state index contributed by atoms with van der Waals surface area (Å²) in [7, 11) is 0. The number of carboxylic acids is 1. The smallest absolute Gasteiger partial charge is 2.00 e. The van der Waals surface area contributed by atoms with Gasteiger partial charge in [-0.15, -0.1) is 0 Å². The van der Waals surface area contributed by atoms with Gasteiger partial charge in [0.1, 0.15) is 0 Å². The molecule has 10 heteroatoms. The molecule has 0 saturated carbocycles. The molecule has 2 aliphatic heterocycles. The van der Waals surface area contributed by atoms with E-state index in [4.69, 9.17) is 0 Å². The van der Waals surface area contributed by atoms with Gasteiger partial charge in [0.25, 0.3) is 0 Å². The second-order valence-electron chi connectivity index (χ2n) is 4.23. The van der Waals surface area contributed by atoms with E-state index in [-0.39, 0.29) is 31.3 Å². The van der Waals surface area contributed by atoms with Crippen LogP contribution >= 0.6 is 0 Å². The fourth-order valence-corrected chi connectivity index (χ4v) is 5.82. The van der Waals surface area contributed by atoms with Crippen LogP contribution in [0.15, 0.2) is 0 Å². The molecule has 0 aromatic carbocycles. The van der Waals surface area contributed by atoms with Gasteiger partial charge in [-0.25, -0.2) is 0 Å². The molecule has 0 spiro atoms. The fraction of sp³-hybridized carbons (Fsp3) is 0.556. The van der Waals surface area contributed by atoms with Crippen LogP contribution in [0.2, 0.25) is 5.02 Å². The molecule has 2 saturated heterocycles. The Hall–Kier alpha value is -0.873. The molecule has 2 fully saturated rings. The maximum Gasteiger partial charge on any atom is 2.00 e. The summed E-state index contributed by atoms with van der Waals surface area (Å²) in [5.74, 6) is -1.51. The summed E-state index contributed by atoms with van der Waals surface area (Å²) in [4.78, 5) is 40.9. The predicted octanol–water partition coefficient (Wildman–Crippen LogP) is -3.19. The van der Waals surface area contributed by atoms with E-state index in [0.29, 0.717) is 24.3 Å². The third kappa shape index (κ3) is 6.21. The number of carboxylic acid groups (broad SMARTS) is 2. The molecule has 2 N–H and O–H groups in total. The van der Waals surface area contributed by atoms with Gasteiger partial charge in [-0.1, -0.05) is 0 Å². The summed E-state index contributed by atoms with van der Waals surface area (Å²) in [5, 5.41) is 23.0. The number of amides is 2. The molecule has 2 amide bonds. The van der Waals surface area contributed by atoms with Crippen molar-refractivity contribution in [3.63, 3.8) is 0 Å². The Labute approximate surface area is 127 Å². The van der Waals surface area contributed by atoms with Gasteiger partial charge in [0, 0.05) is 6.42 Å². The predicted molar refractivity (Wildman–Crippen MR) is 49.1 cm³/mol. The zero-order valence-corrected chi connectivity index (χ0v) is 16.2. The number of hydrogen-bond donors (Lipinski definition) is 2. The molecule has 0 aromatic rings. The van der Waals surface area contributed by atoms with Crippen molar-refractivity contribution in [3.05, 3.63) is 0 Å². The molecule has 2 aliphatic rings. The standard InChI is InChI=1S/C5H7NO3.C3H6NO.CO2.2Zn/c7-4-2-1-3(6-4)5(8)9;1-2-3(4)5;2-1-3;;/h3H,1-2H2,(H,6,7)(H,8,9);1-2H2,(H2,4,5);;;/q;;-1;+1;+2/p-2/t3-;;;;/m0..../s1. The van der Waals surface area contributed by atoms with Crippen molar-refractivity contribution in [1.82, 2.24) is 9.38 Å². The van der Waals surface area contributed by atoms with Gasteiger partial charge in [-0.2, -0.15) is 0 Å². The number of nitrogens with one attached hydrogen (secondary N) is 2. The molecular weight excluding hydrogens is 363 g/mol. The quantitative estimate of drug-likeness (QED) is 0.489. The van der Waals surface area contributed by atoms with Gasteiger partial charge in [0.15, 0.2) is 0 Å². The van der Waals surface area contributed by atoms with Crippen LogP contribution in [0.1, 0.15) is 19.3 Å². The summed E-state index contributed by atoms with van der Waals surface area (Å²) in [6, 6.07) is -0.752. The number of aliphatic carboxylic acids is 1. The number of hydrogen-bond acceptors (Lipinski definition) is 6. The fourth-order valence-electron chi connectivity index (χ4n) is 1.76. The van der Waals surface area contributed by atoms with E-state index in [2.05, 4.69) is 9.38 Å². The summed E-state index contributed by atoms with van der Waals surface area (Å²) in [6.45, 7) is 0. The van der Waals surface area contributed by atoms with E-state index in [0.717, 1.165) is 0 Å². The zero-order valence-electron chi connectivity index (χ0n) is 10.3. The molecule has 8 nitrogen and oxygen atoms in total. The first-order chi connectivity index (χ1) is 8.40. The minimum absolute atomic E-state index is 0. The van der Waals surface area contributed by atoms with E-state index in [1.54, 1.807) is 0 Å². The minimum atomic E-state index is -2.63. The summed E-state index contributed by atoms with van der Waals surface area (Å²) < 4.78 is 1.48. The number of rotatable bonds is 2. The summed E-state index contributed by atoms with van der Waals surface area (Å²) in [5.41, 5.74) is 0. The monoisotopic (exact) mass is 371 g/mol. The first-order valence-electron chi connectivity index (χ1n) is 5.62. The van der Waals surface area contributed by atoms with Crippen LogP contribution < -0.4 is 19.6 Å². The van der Waals surface area contributed by atoms with Crippen molar-refractivity contribution in [3.8, 4) is 0 Å². The van der Waals surface area contributed by atoms with Gasteiger partial charge in [0.2, 0.25) is 5.91 Å². The molecule has 0 aromatic heterocycles. The van der Waals surface area contributed by atoms with E-state index in [9.17, 15) is 29.4 Å². The topological polar surface area (TPSA) is 138 Å². The van der Waals surface area contributed by atoms with Gasteiger partial charge < -0.3 is 15.2 Å². The molecule has 2 rings (SSSR count). The Kier molecular flexibility index (Phi) is 7.95. The Morgan fingerprint density at radius 1 is 1.16 bits per heavy atom. The van der Waals surface area contributed by atoms with Crippen LogP contribution in [0.4, 0.5) is 4.79 Å². The van der Waals surface area contributed by atoms with Crippen molar-refractivity contribution in [2.75, 3.05) is 0 Å². The second-order valence-corrected chi connectivity index (χ2v) is 10.5. The van der Waals surface area contributed by atoms with Gasteiger partial charge in [-0.05, 0) is 6.42 Å². The average Bonchev–Trinajstić information content (AvgIpc) is 2.88. The maximum atomic E-state index is 10.4. The molecule has 19 heavy (non-hydrogen) atoms. The van der Waals surface area contributed by atoms with Crippen molar-refractivity contribution in [1.29, 1.82) is 0 Å². The maximum absolute atomic E-state index is 10.4. The third-order valence-electron chi connectivity index (χ3n) is 2.80. The van der Waals surface area contributed by atoms with E-state index < -0.39 is 32.8 Å². The zero-order chi connectivity index (χ0) is 13.7. The Balaban J connectivity index is 0.000000324. The van der Waals surface area contributed by atoms with E-state index >= 15 is 0 Å². The van der Waals surface area contributed by atoms with Crippen LogP contribution in [0, 0.1) is 0 Å². The molecular formula is C9H11N2O6Zn2. The van der Waals surface area contributed by atoms with Crippen molar-refractivity contribution in [2.45, 2.75) is 30.3 Å². The number of carbonyl (C=O) groups is 4. The van der Waals surface area contributed by atoms with Crippen LogP contribution in [-0.2, 0) is 50.1 Å². The molecule has 1 atom stereocenters. The summed E-state index contributed by atoms with van der Waals surface area (Å²) in [6.07, 6.45) is 1.06. The average molecular weight is 374 g/mol. The van der Waals surface area contributed by atoms with Crippen molar-refractivity contribution in [2.24, 2.45) is 0 Å². The molecule has 0 bridgehead atoms. The molecule has 2 heterocycles. The molecule has 0 unspecified atom stereocenters. The Morgan fingerprint density at radius 2 is 1.79 bits per heavy atom. The first-order valence-corrected chi connectivity index (χ1v) is 10.7. The Morgan fingerprint density at radius 3 is 2.00 bits per heavy atom. The van der Waals surface area contributed by atoms with Gasteiger partial charge in [-0.3, -0.25) is 4.79 Å². The molecule has 97 valence electrons. The SMILES string of the molecule is O=C1CC[C@@H](C(=O)[O-])N1.O=C1C[CH2][Zn]([C](=O)[O-])[NH]1.[Zn+2]. The minimum Gasteiger partial charge on any atom is 2.00 e. The number of carbonyl (C=O) groups excluding carboxylic acids is 4. The molecule has 0 radical (unpaired) electrons. The first kappa shape index (κ1) is 18.1.